The Hall–Kier alpha value is -3.27. The molecule has 0 aliphatic carbocycles. The molecular weight excluding hydrogens is 382 g/mol. The number of carbonyl (C=O) groups excluding carboxylic acids is 1. The Morgan fingerprint density at radius 2 is 2.04 bits per heavy atom. The molecule has 1 aromatic carbocycles. The third-order valence-corrected chi connectivity index (χ3v) is 5.22. The zero-order chi connectivity index (χ0) is 20.5. The highest BCUT2D eigenvalue weighted by Gasteiger charge is 2.23. The highest BCUT2D eigenvalue weighted by molar-refractivity contribution is 7.90. The molecule has 28 heavy (non-hydrogen) atoms. The second-order valence-electron chi connectivity index (χ2n) is 6.23. The maximum atomic E-state index is 12.6. The standard InChI is InChI=1S/C18H19N5O4S/c1-4-12-9-15(24)22-16(20-12)11-6-5-7-13(8-11)21-17(25)14-10-19-23(2)18(14)28(3,26)27/h5-10H,4H2,1-3H3,(H,21,25)(H,20,22,24). The van der Waals surface area contributed by atoms with Gasteiger partial charge in [-0.1, -0.05) is 19.1 Å². The van der Waals surface area contributed by atoms with Crippen LogP contribution in [0.15, 0.2) is 46.3 Å². The number of carbonyl (C=O) groups is 1. The fourth-order valence-corrected chi connectivity index (χ4v) is 3.86. The number of hydrogen-bond donors (Lipinski definition) is 2. The number of nitrogens with one attached hydrogen (secondary N) is 2. The van der Waals surface area contributed by atoms with E-state index in [1.54, 1.807) is 24.3 Å². The molecule has 3 rings (SSSR count). The van der Waals surface area contributed by atoms with Gasteiger partial charge in [0.15, 0.2) is 14.9 Å². The number of rotatable bonds is 5. The number of aryl methyl sites for hydroxylation is 2. The fraction of sp³-hybridized carbons (Fsp3) is 0.222. The summed E-state index contributed by atoms with van der Waals surface area (Å²) >= 11 is 0. The lowest BCUT2D eigenvalue weighted by atomic mass is 10.1. The summed E-state index contributed by atoms with van der Waals surface area (Å²) < 4.78 is 25.0. The molecule has 0 spiro atoms. The first-order valence-corrected chi connectivity index (χ1v) is 10.3. The number of sulfone groups is 1. The molecule has 146 valence electrons. The average Bonchev–Trinajstić information content (AvgIpc) is 3.03. The highest BCUT2D eigenvalue weighted by atomic mass is 32.2. The van der Waals surface area contributed by atoms with Gasteiger partial charge in [-0.25, -0.2) is 13.4 Å². The van der Waals surface area contributed by atoms with E-state index in [1.807, 2.05) is 6.92 Å². The Morgan fingerprint density at radius 1 is 1.29 bits per heavy atom. The summed E-state index contributed by atoms with van der Waals surface area (Å²) in [5.74, 6) is -0.215. The van der Waals surface area contributed by atoms with E-state index in [1.165, 1.54) is 19.3 Å². The number of anilines is 1. The van der Waals surface area contributed by atoms with Crippen molar-refractivity contribution in [2.24, 2.45) is 7.05 Å². The molecule has 0 bridgehead atoms. The van der Waals surface area contributed by atoms with Crippen molar-refractivity contribution in [1.82, 2.24) is 19.7 Å². The lowest BCUT2D eigenvalue weighted by molar-refractivity contribution is 0.102. The van der Waals surface area contributed by atoms with E-state index in [-0.39, 0.29) is 16.1 Å². The van der Waals surface area contributed by atoms with Gasteiger partial charge in [-0.2, -0.15) is 5.10 Å². The SMILES string of the molecule is CCc1cc(=O)[nH]c(-c2cccc(NC(=O)c3cnn(C)c3S(C)(=O)=O)c2)n1. The summed E-state index contributed by atoms with van der Waals surface area (Å²) in [4.78, 5) is 31.4. The summed E-state index contributed by atoms with van der Waals surface area (Å²) in [6.07, 6.45) is 2.84. The van der Waals surface area contributed by atoms with Gasteiger partial charge in [0.05, 0.1) is 11.8 Å². The highest BCUT2D eigenvalue weighted by Crippen LogP contribution is 2.21. The summed E-state index contributed by atoms with van der Waals surface area (Å²) in [5, 5.41) is 6.36. The van der Waals surface area contributed by atoms with Gasteiger partial charge in [-0.05, 0) is 18.6 Å². The quantitative estimate of drug-likeness (QED) is 0.665. The summed E-state index contributed by atoms with van der Waals surface area (Å²) in [7, 11) is -2.18. The second-order valence-corrected chi connectivity index (χ2v) is 8.16. The number of amides is 1. The van der Waals surface area contributed by atoms with Crippen molar-refractivity contribution in [2.45, 2.75) is 18.4 Å². The largest absolute Gasteiger partial charge is 0.322 e. The van der Waals surface area contributed by atoms with Crippen LogP contribution < -0.4 is 10.9 Å². The monoisotopic (exact) mass is 401 g/mol. The maximum Gasteiger partial charge on any atom is 0.260 e. The first-order chi connectivity index (χ1) is 13.2. The minimum Gasteiger partial charge on any atom is -0.322 e. The topological polar surface area (TPSA) is 127 Å². The van der Waals surface area contributed by atoms with Crippen LogP contribution in [-0.4, -0.2) is 40.3 Å². The first-order valence-electron chi connectivity index (χ1n) is 8.43. The third-order valence-electron chi connectivity index (χ3n) is 4.03. The van der Waals surface area contributed by atoms with Crippen LogP contribution in [-0.2, 0) is 23.3 Å². The number of nitrogens with zero attached hydrogens (tertiary/aromatic N) is 3. The van der Waals surface area contributed by atoms with Crippen LogP contribution in [0, 0.1) is 0 Å². The molecule has 2 N–H and O–H groups in total. The number of benzene rings is 1. The fourth-order valence-electron chi connectivity index (χ4n) is 2.79. The van der Waals surface area contributed by atoms with E-state index in [0.29, 0.717) is 29.2 Å². The molecule has 0 saturated heterocycles. The van der Waals surface area contributed by atoms with Crippen LogP contribution >= 0.6 is 0 Å². The molecule has 2 aromatic heterocycles. The average molecular weight is 401 g/mol. The molecule has 9 nitrogen and oxygen atoms in total. The van der Waals surface area contributed by atoms with Crippen LogP contribution in [0.2, 0.25) is 0 Å². The third kappa shape index (κ3) is 4.01. The molecule has 0 atom stereocenters. The molecule has 10 heteroatoms. The Morgan fingerprint density at radius 3 is 2.71 bits per heavy atom. The zero-order valence-electron chi connectivity index (χ0n) is 15.6. The molecule has 0 aliphatic rings. The Kier molecular flexibility index (Phi) is 5.14. The van der Waals surface area contributed by atoms with Crippen molar-refractivity contribution < 1.29 is 13.2 Å². The molecule has 0 aliphatic heterocycles. The van der Waals surface area contributed by atoms with Gasteiger partial charge in [0, 0.05) is 36.3 Å². The molecule has 3 aromatic rings. The molecule has 0 saturated carbocycles. The van der Waals surface area contributed by atoms with Gasteiger partial charge < -0.3 is 10.3 Å². The van der Waals surface area contributed by atoms with E-state index in [2.05, 4.69) is 20.4 Å². The van der Waals surface area contributed by atoms with Crippen molar-refractivity contribution >= 4 is 21.4 Å². The molecular formula is C18H19N5O4S. The van der Waals surface area contributed by atoms with Crippen LogP contribution in [0.4, 0.5) is 5.69 Å². The van der Waals surface area contributed by atoms with E-state index >= 15 is 0 Å². The lowest BCUT2D eigenvalue weighted by Crippen LogP contribution is -2.16. The van der Waals surface area contributed by atoms with Crippen LogP contribution in [0.5, 0.6) is 0 Å². The van der Waals surface area contributed by atoms with E-state index < -0.39 is 15.7 Å². The van der Waals surface area contributed by atoms with Gasteiger partial charge in [-0.15, -0.1) is 0 Å². The van der Waals surface area contributed by atoms with Crippen molar-refractivity contribution in [3.8, 4) is 11.4 Å². The van der Waals surface area contributed by atoms with Gasteiger partial charge in [-0.3, -0.25) is 14.3 Å². The minimum absolute atomic E-state index is 0.0464. The van der Waals surface area contributed by atoms with Crippen molar-refractivity contribution in [1.29, 1.82) is 0 Å². The predicted molar refractivity (Wildman–Crippen MR) is 104 cm³/mol. The molecule has 0 fully saturated rings. The summed E-state index contributed by atoms with van der Waals surface area (Å²) in [5.41, 5.74) is 1.38. The van der Waals surface area contributed by atoms with E-state index in [4.69, 9.17) is 0 Å². The second kappa shape index (κ2) is 7.39. The van der Waals surface area contributed by atoms with Crippen molar-refractivity contribution in [3.05, 3.63) is 58.1 Å². The van der Waals surface area contributed by atoms with E-state index in [9.17, 15) is 18.0 Å². The van der Waals surface area contributed by atoms with Gasteiger partial charge in [0.1, 0.15) is 5.82 Å². The predicted octanol–water partition coefficient (Wildman–Crippen LogP) is 1.39. The smallest absolute Gasteiger partial charge is 0.260 e. The molecule has 1 amide bonds. The number of aromatic amines is 1. The number of aromatic nitrogens is 4. The van der Waals surface area contributed by atoms with Crippen molar-refractivity contribution in [2.75, 3.05) is 11.6 Å². The first kappa shape index (κ1) is 19.5. The molecule has 0 unspecified atom stereocenters. The Balaban J connectivity index is 1.94. The van der Waals surface area contributed by atoms with Crippen LogP contribution in [0.25, 0.3) is 11.4 Å². The Bertz CT molecular complexity index is 1210. The maximum absolute atomic E-state index is 12.6. The molecule has 2 heterocycles. The van der Waals surface area contributed by atoms with Gasteiger partial charge in [0.25, 0.3) is 11.5 Å². The minimum atomic E-state index is -3.63. The molecule has 0 radical (unpaired) electrons. The normalized spacial score (nSPS) is 11.4. The van der Waals surface area contributed by atoms with E-state index in [0.717, 1.165) is 10.9 Å². The number of H-pyrrole nitrogens is 1. The van der Waals surface area contributed by atoms with Crippen LogP contribution in [0.3, 0.4) is 0 Å². The van der Waals surface area contributed by atoms with Gasteiger partial charge in [0.2, 0.25) is 0 Å². The number of hydrogen-bond acceptors (Lipinski definition) is 6. The summed E-state index contributed by atoms with van der Waals surface area (Å²) in [6, 6.07) is 8.18. The zero-order valence-corrected chi connectivity index (χ0v) is 16.4. The Labute approximate surface area is 161 Å². The lowest BCUT2D eigenvalue weighted by Gasteiger charge is -2.08. The van der Waals surface area contributed by atoms with Gasteiger partial charge >= 0.3 is 0 Å². The van der Waals surface area contributed by atoms with Crippen LogP contribution in [0.1, 0.15) is 23.0 Å². The summed E-state index contributed by atoms with van der Waals surface area (Å²) in [6.45, 7) is 1.90. The van der Waals surface area contributed by atoms with Crippen molar-refractivity contribution in [3.63, 3.8) is 0 Å².